The van der Waals surface area contributed by atoms with Gasteiger partial charge in [0, 0.05) is 28.7 Å². The lowest BCUT2D eigenvalue weighted by atomic mass is 10.1. The van der Waals surface area contributed by atoms with E-state index in [0.717, 1.165) is 27.9 Å². The van der Waals surface area contributed by atoms with Gasteiger partial charge in [-0.15, -0.1) is 0 Å². The van der Waals surface area contributed by atoms with Crippen LogP contribution in [0.3, 0.4) is 0 Å². The highest BCUT2D eigenvalue weighted by molar-refractivity contribution is 9.10. The summed E-state index contributed by atoms with van der Waals surface area (Å²) in [5, 5.41) is 3.34. The highest BCUT2D eigenvalue weighted by Crippen LogP contribution is 2.40. The SMILES string of the molecule is CCOc1cc(/C=C2\SC(=O)N(CC(=O)Nc3ccccc3N3CCOCC3)C2=O)cc(Br)c1OCc1ccc(Cl)cc1Cl. The average Bonchev–Trinajstić information content (AvgIpc) is 3.25. The van der Waals surface area contributed by atoms with Crippen molar-refractivity contribution in [1.29, 1.82) is 0 Å². The van der Waals surface area contributed by atoms with E-state index in [1.165, 1.54) is 0 Å². The number of hydrogen-bond acceptors (Lipinski definition) is 8. The summed E-state index contributed by atoms with van der Waals surface area (Å²) in [4.78, 5) is 42.3. The zero-order chi connectivity index (χ0) is 31.2. The van der Waals surface area contributed by atoms with Gasteiger partial charge >= 0.3 is 0 Å². The number of carbonyl (C=O) groups is 3. The summed E-state index contributed by atoms with van der Waals surface area (Å²) in [6.07, 6.45) is 1.59. The smallest absolute Gasteiger partial charge is 0.294 e. The van der Waals surface area contributed by atoms with Gasteiger partial charge in [0.15, 0.2) is 11.5 Å². The number of para-hydroxylation sites is 2. The highest BCUT2D eigenvalue weighted by atomic mass is 79.9. The fraction of sp³-hybridized carbons (Fsp3) is 0.258. The summed E-state index contributed by atoms with van der Waals surface area (Å²) in [6.45, 7) is 4.57. The van der Waals surface area contributed by atoms with E-state index < -0.39 is 23.6 Å². The van der Waals surface area contributed by atoms with Gasteiger partial charge in [-0.25, -0.2) is 0 Å². The molecule has 2 aliphatic rings. The van der Waals surface area contributed by atoms with E-state index in [0.29, 0.717) is 70.2 Å². The van der Waals surface area contributed by atoms with Crippen molar-refractivity contribution in [2.45, 2.75) is 13.5 Å². The van der Waals surface area contributed by atoms with Gasteiger partial charge in [-0.2, -0.15) is 0 Å². The van der Waals surface area contributed by atoms with Crippen LogP contribution >= 0.6 is 50.9 Å². The van der Waals surface area contributed by atoms with E-state index in [1.54, 1.807) is 42.5 Å². The number of thioether (sulfide) groups is 1. The fourth-order valence-corrected chi connectivity index (χ4v) is 6.52. The number of morpholine rings is 1. The molecule has 3 amide bonds. The molecule has 9 nitrogen and oxygen atoms in total. The zero-order valence-corrected chi connectivity index (χ0v) is 27.5. The molecule has 2 saturated heterocycles. The number of benzene rings is 3. The van der Waals surface area contributed by atoms with Gasteiger partial charge in [-0.3, -0.25) is 19.3 Å². The summed E-state index contributed by atoms with van der Waals surface area (Å²) in [5.74, 6) is -0.130. The monoisotopic (exact) mass is 719 g/mol. The first-order valence-corrected chi connectivity index (χ1v) is 16.1. The van der Waals surface area contributed by atoms with Crippen molar-refractivity contribution in [1.82, 2.24) is 4.90 Å². The van der Waals surface area contributed by atoms with Crippen molar-refractivity contribution >= 4 is 85.4 Å². The Balaban J connectivity index is 1.28. The molecule has 2 aliphatic heterocycles. The summed E-state index contributed by atoms with van der Waals surface area (Å²) < 4.78 is 17.9. The van der Waals surface area contributed by atoms with Crippen LogP contribution < -0.4 is 19.7 Å². The Morgan fingerprint density at radius 1 is 1.09 bits per heavy atom. The molecule has 3 aromatic carbocycles. The number of rotatable bonds is 10. The highest BCUT2D eigenvalue weighted by Gasteiger charge is 2.36. The lowest BCUT2D eigenvalue weighted by Gasteiger charge is -2.30. The molecule has 0 atom stereocenters. The second kappa shape index (κ2) is 14.7. The molecule has 13 heteroatoms. The van der Waals surface area contributed by atoms with Crippen molar-refractivity contribution in [3.05, 3.63) is 85.1 Å². The standard InChI is InChI=1S/C31H28BrCl2N3O6S/c1-2-42-26-14-19(13-22(32)29(26)43-18-20-7-8-21(33)16-23(20)34)15-27-30(39)37(31(40)44-27)17-28(38)35-24-5-3-4-6-25(24)36-9-11-41-12-10-36/h3-8,13-16H,2,9-12,17-18H2,1H3,(H,35,38)/b27-15-. The number of nitrogens with one attached hydrogen (secondary N) is 1. The molecular formula is C31H28BrCl2N3O6S. The first kappa shape index (κ1) is 32.2. The summed E-state index contributed by atoms with van der Waals surface area (Å²) in [5.41, 5.74) is 2.82. The lowest BCUT2D eigenvalue weighted by molar-refractivity contribution is -0.127. The topological polar surface area (TPSA) is 97.4 Å². The van der Waals surface area contributed by atoms with Crippen molar-refractivity contribution in [3.63, 3.8) is 0 Å². The van der Waals surface area contributed by atoms with E-state index in [-0.39, 0.29) is 11.5 Å². The van der Waals surface area contributed by atoms with Crippen LogP contribution in [0.25, 0.3) is 6.08 Å². The van der Waals surface area contributed by atoms with E-state index >= 15 is 0 Å². The molecule has 0 radical (unpaired) electrons. The van der Waals surface area contributed by atoms with Crippen LogP contribution in [0.4, 0.5) is 16.2 Å². The van der Waals surface area contributed by atoms with Crippen molar-refractivity contribution in [3.8, 4) is 11.5 Å². The Labute approximate surface area is 277 Å². The third-order valence-electron chi connectivity index (χ3n) is 6.72. The summed E-state index contributed by atoms with van der Waals surface area (Å²) >= 11 is 16.6. The molecular weight excluding hydrogens is 693 g/mol. The molecule has 0 aromatic heterocycles. The van der Waals surface area contributed by atoms with Gasteiger partial charge in [0.1, 0.15) is 13.2 Å². The van der Waals surface area contributed by atoms with Gasteiger partial charge in [-0.1, -0.05) is 41.4 Å². The van der Waals surface area contributed by atoms with E-state index in [4.69, 9.17) is 37.4 Å². The zero-order valence-electron chi connectivity index (χ0n) is 23.6. The first-order chi connectivity index (χ1) is 21.2. The number of amides is 3. The molecule has 0 aliphatic carbocycles. The molecule has 2 fully saturated rings. The van der Waals surface area contributed by atoms with Crippen molar-refractivity contribution in [2.24, 2.45) is 0 Å². The van der Waals surface area contributed by atoms with Crippen LogP contribution in [0.5, 0.6) is 11.5 Å². The number of nitrogens with zero attached hydrogens (tertiary/aromatic N) is 2. The lowest BCUT2D eigenvalue weighted by Crippen LogP contribution is -2.38. The minimum absolute atomic E-state index is 0.173. The predicted octanol–water partition coefficient (Wildman–Crippen LogP) is 7.25. The van der Waals surface area contributed by atoms with Gasteiger partial charge in [0.05, 0.1) is 40.6 Å². The van der Waals surface area contributed by atoms with Crippen LogP contribution in [0.2, 0.25) is 10.0 Å². The Bertz CT molecular complexity index is 1620. The molecule has 5 rings (SSSR count). The van der Waals surface area contributed by atoms with Gasteiger partial charge in [0.25, 0.3) is 11.1 Å². The molecule has 2 heterocycles. The average molecular weight is 721 g/mol. The second-order valence-electron chi connectivity index (χ2n) is 9.72. The Hall–Kier alpha value is -3.22. The fourth-order valence-electron chi connectivity index (χ4n) is 4.64. The van der Waals surface area contributed by atoms with E-state index in [1.807, 2.05) is 25.1 Å². The third kappa shape index (κ3) is 7.70. The summed E-state index contributed by atoms with van der Waals surface area (Å²) in [7, 11) is 0. The maximum absolute atomic E-state index is 13.2. The molecule has 0 saturated carbocycles. The van der Waals surface area contributed by atoms with Crippen LogP contribution in [0, 0.1) is 0 Å². The minimum Gasteiger partial charge on any atom is -0.490 e. The molecule has 0 bridgehead atoms. The van der Waals surface area contributed by atoms with Crippen LogP contribution in [0.1, 0.15) is 18.1 Å². The first-order valence-electron chi connectivity index (χ1n) is 13.7. The van der Waals surface area contributed by atoms with Gasteiger partial charge < -0.3 is 24.4 Å². The second-order valence-corrected chi connectivity index (χ2v) is 12.4. The third-order valence-corrected chi connectivity index (χ3v) is 8.81. The van der Waals surface area contributed by atoms with E-state index in [9.17, 15) is 14.4 Å². The van der Waals surface area contributed by atoms with Gasteiger partial charge in [-0.05, 0) is 82.7 Å². The molecule has 3 aromatic rings. The quantitative estimate of drug-likeness (QED) is 0.219. The van der Waals surface area contributed by atoms with Crippen molar-refractivity contribution in [2.75, 3.05) is 49.7 Å². The largest absolute Gasteiger partial charge is 0.490 e. The minimum atomic E-state index is -0.552. The number of ether oxygens (including phenoxy) is 3. The van der Waals surface area contributed by atoms with Crippen LogP contribution in [-0.4, -0.2) is 61.4 Å². The molecule has 0 unspecified atom stereocenters. The van der Waals surface area contributed by atoms with Crippen LogP contribution in [0.15, 0.2) is 64.0 Å². The Morgan fingerprint density at radius 3 is 2.61 bits per heavy atom. The van der Waals surface area contributed by atoms with Gasteiger partial charge in [0.2, 0.25) is 5.91 Å². The number of anilines is 2. The summed E-state index contributed by atoms with van der Waals surface area (Å²) in [6, 6.07) is 16.1. The maximum Gasteiger partial charge on any atom is 0.294 e. The molecule has 44 heavy (non-hydrogen) atoms. The number of hydrogen-bond donors (Lipinski definition) is 1. The molecule has 0 spiro atoms. The number of halogens is 3. The number of imide groups is 1. The van der Waals surface area contributed by atoms with Crippen LogP contribution in [-0.2, 0) is 20.9 Å². The Morgan fingerprint density at radius 2 is 1.86 bits per heavy atom. The molecule has 230 valence electrons. The normalized spacial score (nSPS) is 16.0. The number of carbonyl (C=O) groups excluding carboxylic acids is 3. The van der Waals surface area contributed by atoms with E-state index in [2.05, 4.69) is 26.1 Å². The predicted molar refractivity (Wildman–Crippen MR) is 177 cm³/mol. The Kier molecular flexibility index (Phi) is 10.8. The maximum atomic E-state index is 13.2. The van der Waals surface area contributed by atoms with Crippen molar-refractivity contribution < 1.29 is 28.6 Å². The molecule has 1 N–H and O–H groups in total.